The molecule has 1 aromatic heterocycles. The van der Waals surface area contributed by atoms with Gasteiger partial charge in [-0.2, -0.15) is 0 Å². The Morgan fingerprint density at radius 3 is 2.94 bits per heavy atom. The Labute approximate surface area is 105 Å². The molecule has 1 aliphatic rings. The van der Waals surface area contributed by atoms with Gasteiger partial charge in [0.1, 0.15) is 0 Å². The number of imidazole rings is 1. The van der Waals surface area contributed by atoms with Crippen molar-refractivity contribution in [3.05, 3.63) is 18.2 Å². The number of nitrogens with zero attached hydrogens (tertiary/aromatic N) is 2. The van der Waals surface area contributed by atoms with Gasteiger partial charge in [-0.1, -0.05) is 26.7 Å². The number of hydrogen-bond acceptors (Lipinski definition) is 2. The molecule has 1 N–H and O–H groups in total. The van der Waals surface area contributed by atoms with Gasteiger partial charge in [0.15, 0.2) is 0 Å². The van der Waals surface area contributed by atoms with Crippen molar-refractivity contribution in [2.45, 2.75) is 58.5 Å². The van der Waals surface area contributed by atoms with Crippen LogP contribution in [0.3, 0.4) is 0 Å². The Morgan fingerprint density at radius 1 is 1.47 bits per heavy atom. The molecule has 0 amide bonds. The Kier molecular flexibility index (Phi) is 4.21. The second-order valence-corrected chi connectivity index (χ2v) is 5.35. The van der Waals surface area contributed by atoms with Gasteiger partial charge in [0.2, 0.25) is 0 Å². The molecule has 3 nitrogen and oxygen atoms in total. The second kappa shape index (κ2) is 5.67. The molecule has 2 heterocycles. The topological polar surface area (TPSA) is 29.9 Å². The van der Waals surface area contributed by atoms with E-state index >= 15 is 0 Å². The Morgan fingerprint density at radius 2 is 2.29 bits per heavy atom. The summed E-state index contributed by atoms with van der Waals surface area (Å²) in [7, 11) is 0. The molecule has 0 saturated carbocycles. The molecular weight excluding hydrogens is 210 g/mol. The molecule has 1 fully saturated rings. The summed E-state index contributed by atoms with van der Waals surface area (Å²) >= 11 is 0. The van der Waals surface area contributed by atoms with E-state index in [9.17, 15) is 0 Å². The van der Waals surface area contributed by atoms with E-state index in [0.29, 0.717) is 18.0 Å². The average Bonchev–Trinajstić information content (AvgIpc) is 2.87. The number of hydrogen-bond donors (Lipinski definition) is 1. The first kappa shape index (κ1) is 12.6. The fourth-order valence-electron chi connectivity index (χ4n) is 2.64. The van der Waals surface area contributed by atoms with Crippen LogP contribution in [0.25, 0.3) is 0 Å². The van der Waals surface area contributed by atoms with Gasteiger partial charge in [0.25, 0.3) is 0 Å². The van der Waals surface area contributed by atoms with Crippen molar-refractivity contribution < 1.29 is 0 Å². The standard InChI is InChI=1S/C14H25N3/c1-4-11(2)12(3)17-10-15-9-14(17)13-7-5-6-8-16-13/h9-13,16H,4-8H2,1-3H3. The van der Waals surface area contributed by atoms with Gasteiger partial charge >= 0.3 is 0 Å². The SMILES string of the molecule is CCC(C)C(C)n1cncc1C1CCCCN1. The molecule has 3 unspecified atom stereocenters. The van der Waals surface area contributed by atoms with Gasteiger partial charge in [-0.05, 0) is 32.2 Å². The van der Waals surface area contributed by atoms with Crippen molar-refractivity contribution in [2.75, 3.05) is 6.54 Å². The third-order valence-corrected chi connectivity index (χ3v) is 4.27. The maximum atomic E-state index is 4.36. The molecule has 0 aromatic carbocycles. The minimum absolute atomic E-state index is 0.512. The summed E-state index contributed by atoms with van der Waals surface area (Å²) in [4.78, 5) is 4.36. The highest BCUT2D eigenvalue weighted by Gasteiger charge is 2.22. The molecule has 3 heteroatoms. The van der Waals surface area contributed by atoms with Crippen molar-refractivity contribution in [3.8, 4) is 0 Å². The summed E-state index contributed by atoms with van der Waals surface area (Å²) in [5, 5.41) is 3.61. The van der Waals surface area contributed by atoms with E-state index < -0.39 is 0 Å². The van der Waals surface area contributed by atoms with Crippen LogP contribution in [0.1, 0.15) is 64.2 Å². The lowest BCUT2D eigenvalue weighted by molar-refractivity contribution is 0.333. The molecule has 17 heavy (non-hydrogen) atoms. The molecule has 96 valence electrons. The van der Waals surface area contributed by atoms with E-state index in [4.69, 9.17) is 0 Å². The molecule has 0 radical (unpaired) electrons. The van der Waals surface area contributed by atoms with Crippen LogP contribution in [-0.4, -0.2) is 16.1 Å². The number of rotatable bonds is 4. The molecule has 1 aromatic rings. The summed E-state index contributed by atoms with van der Waals surface area (Å²) in [6, 6.07) is 1.05. The molecule has 1 saturated heterocycles. The van der Waals surface area contributed by atoms with Gasteiger partial charge in [-0.3, -0.25) is 0 Å². The van der Waals surface area contributed by atoms with Gasteiger partial charge in [0, 0.05) is 18.3 Å². The summed E-state index contributed by atoms with van der Waals surface area (Å²) < 4.78 is 2.37. The maximum absolute atomic E-state index is 4.36. The monoisotopic (exact) mass is 235 g/mol. The van der Waals surface area contributed by atoms with E-state index in [-0.39, 0.29) is 0 Å². The summed E-state index contributed by atoms with van der Waals surface area (Å²) in [5.41, 5.74) is 1.37. The van der Waals surface area contributed by atoms with Crippen LogP contribution in [0, 0.1) is 5.92 Å². The Hall–Kier alpha value is -0.830. The molecular formula is C14H25N3. The van der Waals surface area contributed by atoms with Gasteiger partial charge in [-0.15, -0.1) is 0 Å². The predicted molar refractivity (Wildman–Crippen MR) is 71.0 cm³/mol. The third kappa shape index (κ3) is 2.71. The molecule has 1 aliphatic heterocycles. The van der Waals surface area contributed by atoms with E-state index in [1.54, 1.807) is 0 Å². The zero-order valence-corrected chi connectivity index (χ0v) is 11.3. The summed E-state index contributed by atoms with van der Waals surface area (Å²) in [5.74, 6) is 0.701. The Balaban J connectivity index is 2.15. The number of piperidine rings is 1. The lowest BCUT2D eigenvalue weighted by atomic mass is 9.98. The first-order valence-electron chi connectivity index (χ1n) is 6.99. The minimum Gasteiger partial charge on any atom is -0.330 e. The fraction of sp³-hybridized carbons (Fsp3) is 0.786. The molecule has 2 rings (SSSR count). The van der Waals surface area contributed by atoms with Gasteiger partial charge < -0.3 is 9.88 Å². The summed E-state index contributed by atoms with van der Waals surface area (Å²) in [6.07, 6.45) is 9.16. The molecule has 3 atom stereocenters. The van der Waals surface area contributed by atoms with Crippen LogP contribution in [0.5, 0.6) is 0 Å². The normalized spacial score (nSPS) is 24.5. The smallest absolute Gasteiger partial charge is 0.0951 e. The van der Waals surface area contributed by atoms with Gasteiger partial charge in [0.05, 0.1) is 12.0 Å². The van der Waals surface area contributed by atoms with E-state index in [1.807, 2.05) is 12.5 Å². The van der Waals surface area contributed by atoms with Crippen molar-refractivity contribution in [3.63, 3.8) is 0 Å². The second-order valence-electron chi connectivity index (χ2n) is 5.35. The van der Waals surface area contributed by atoms with Crippen LogP contribution in [-0.2, 0) is 0 Å². The van der Waals surface area contributed by atoms with Crippen molar-refractivity contribution in [1.29, 1.82) is 0 Å². The van der Waals surface area contributed by atoms with E-state index in [2.05, 4.69) is 35.6 Å². The van der Waals surface area contributed by atoms with Crippen LogP contribution < -0.4 is 5.32 Å². The van der Waals surface area contributed by atoms with Crippen LogP contribution in [0.4, 0.5) is 0 Å². The van der Waals surface area contributed by atoms with Crippen molar-refractivity contribution in [2.24, 2.45) is 5.92 Å². The first-order chi connectivity index (χ1) is 8.24. The lowest BCUT2D eigenvalue weighted by Gasteiger charge is -2.28. The fourth-order valence-corrected chi connectivity index (χ4v) is 2.64. The quantitative estimate of drug-likeness (QED) is 0.867. The molecule has 0 bridgehead atoms. The average molecular weight is 235 g/mol. The Bertz CT molecular complexity index is 322. The third-order valence-electron chi connectivity index (χ3n) is 4.27. The first-order valence-corrected chi connectivity index (χ1v) is 6.99. The van der Waals surface area contributed by atoms with Gasteiger partial charge in [-0.25, -0.2) is 4.98 Å². The molecule has 0 aliphatic carbocycles. The van der Waals surface area contributed by atoms with E-state index in [0.717, 1.165) is 6.54 Å². The van der Waals surface area contributed by atoms with E-state index in [1.165, 1.54) is 31.4 Å². The highest BCUT2D eigenvalue weighted by Crippen LogP contribution is 2.28. The highest BCUT2D eigenvalue weighted by molar-refractivity contribution is 5.08. The van der Waals surface area contributed by atoms with Crippen LogP contribution >= 0.6 is 0 Å². The van der Waals surface area contributed by atoms with Crippen molar-refractivity contribution >= 4 is 0 Å². The maximum Gasteiger partial charge on any atom is 0.0951 e. The summed E-state index contributed by atoms with van der Waals surface area (Å²) in [6.45, 7) is 8.04. The highest BCUT2D eigenvalue weighted by atomic mass is 15.1. The predicted octanol–water partition coefficient (Wildman–Crippen LogP) is 3.30. The lowest BCUT2D eigenvalue weighted by Crippen LogP contribution is -2.29. The zero-order chi connectivity index (χ0) is 12.3. The van der Waals surface area contributed by atoms with Crippen LogP contribution in [0.15, 0.2) is 12.5 Å². The number of aromatic nitrogens is 2. The van der Waals surface area contributed by atoms with Crippen LogP contribution in [0.2, 0.25) is 0 Å². The zero-order valence-electron chi connectivity index (χ0n) is 11.3. The molecule has 0 spiro atoms. The minimum atomic E-state index is 0.512. The largest absolute Gasteiger partial charge is 0.330 e. The number of nitrogens with one attached hydrogen (secondary N) is 1. The van der Waals surface area contributed by atoms with Crippen molar-refractivity contribution in [1.82, 2.24) is 14.9 Å².